The Balaban J connectivity index is 0.00000417. The molecule has 0 amide bonds. The first-order valence-electron chi connectivity index (χ1n) is 16.9. The second-order valence-electron chi connectivity index (χ2n) is 13.9. The Kier molecular flexibility index (Phi) is 7.11. The van der Waals surface area contributed by atoms with Crippen molar-refractivity contribution in [1.29, 1.82) is 0 Å². The van der Waals surface area contributed by atoms with Crippen molar-refractivity contribution in [1.82, 2.24) is 9.55 Å². The topological polar surface area (TPSA) is 27.5 Å². The molecule has 5 nitrogen and oxygen atoms in total. The van der Waals surface area contributed by atoms with E-state index in [-0.39, 0.29) is 31.9 Å². The van der Waals surface area contributed by atoms with Crippen LogP contribution in [0.1, 0.15) is 56.8 Å². The summed E-state index contributed by atoms with van der Waals surface area (Å²) in [4.78, 5) is 10.2. The SMILES string of the molecule is [2H]C([2H])([2H])N1[CH-]N(c2[c-]c(N(C)c3[c-]c4c(cc3)c3ccccc3n4-c3cc(C(C)(C)C)ccn3)ccc2)c2cc(C(C)(C)C)ccc21.[Pt]. The maximum Gasteiger partial charge on any atom is 0.135 e. The molecule has 0 bridgehead atoms. The zero-order valence-electron chi connectivity index (χ0n) is 30.3. The quantitative estimate of drug-likeness (QED) is 0.166. The summed E-state index contributed by atoms with van der Waals surface area (Å²) in [5.41, 5.74) is 8.15. The van der Waals surface area contributed by atoms with Gasteiger partial charge in [0.15, 0.2) is 0 Å². The minimum absolute atomic E-state index is 0. The summed E-state index contributed by atoms with van der Waals surface area (Å²) in [6.07, 6.45) is 1.89. The molecule has 0 N–H and O–H groups in total. The molecule has 6 heteroatoms. The number of rotatable bonds is 4. The van der Waals surface area contributed by atoms with Gasteiger partial charge >= 0.3 is 0 Å². The van der Waals surface area contributed by atoms with Gasteiger partial charge in [-0.05, 0) is 64.7 Å². The van der Waals surface area contributed by atoms with Gasteiger partial charge in [-0.3, -0.25) is 0 Å². The normalized spacial score (nSPS) is 14.5. The van der Waals surface area contributed by atoms with Gasteiger partial charge in [0, 0.05) is 55.3 Å². The largest absolute Gasteiger partial charge is 0.504 e. The molecule has 0 spiro atoms. The summed E-state index contributed by atoms with van der Waals surface area (Å²) < 4.78 is 26.8. The summed E-state index contributed by atoms with van der Waals surface area (Å²) >= 11 is 0. The van der Waals surface area contributed by atoms with E-state index in [1.165, 1.54) is 10.5 Å². The second-order valence-corrected chi connectivity index (χ2v) is 13.9. The van der Waals surface area contributed by atoms with Crippen LogP contribution in [0.3, 0.4) is 0 Å². The zero-order valence-corrected chi connectivity index (χ0v) is 29.6. The zero-order chi connectivity index (χ0) is 34.2. The average molecular weight is 789 g/mol. The smallest absolute Gasteiger partial charge is 0.135 e. The van der Waals surface area contributed by atoms with Crippen LogP contribution in [0.25, 0.3) is 27.6 Å². The van der Waals surface area contributed by atoms with Crippen LogP contribution in [0, 0.1) is 18.8 Å². The van der Waals surface area contributed by atoms with Crippen molar-refractivity contribution in [3.05, 3.63) is 121 Å². The van der Waals surface area contributed by atoms with Gasteiger partial charge in [0.2, 0.25) is 0 Å². The fourth-order valence-corrected chi connectivity index (χ4v) is 6.05. The molecule has 7 rings (SSSR count). The molecule has 0 fully saturated rings. The Bertz CT molecular complexity index is 2170. The predicted molar refractivity (Wildman–Crippen MR) is 189 cm³/mol. The molecular weight excluding hydrogens is 746 g/mol. The van der Waals surface area contributed by atoms with Gasteiger partial charge in [0.1, 0.15) is 5.82 Å². The van der Waals surface area contributed by atoms with Crippen LogP contribution in [-0.2, 0) is 31.9 Å². The van der Waals surface area contributed by atoms with E-state index >= 15 is 0 Å². The van der Waals surface area contributed by atoms with Gasteiger partial charge in [-0.1, -0.05) is 82.7 Å². The molecule has 2 aromatic heterocycles. The fraction of sp³-hybridized carbons (Fsp3) is 0.250. The van der Waals surface area contributed by atoms with Crippen molar-refractivity contribution in [3.63, 3.8) is 0 Å². The van der Waals surface area contributed by atoms with Gasteiger partial charge in [0.05, 0.1) is 0 Å². The molecule has 3 heterocycles. The van der Waals surface area contributed by atoms with E-state index in [2.05, 4.69) is 118 Å². The molecule has 0 saturated carbocycles. The number of pyridine rings is 1. The molecular formula is C40H40N5Pt-3. The van der Waals surface area contributed by atoms with E-state index in [9.17, 15) is 0 Å². The second kappa shape index (κ2) is 11.6. The van der Waals surface area contributed by atoms with E-state index < -0.39 is 6.98 Å². The number of fused-ring (bicyclic) bond motifs is 4. The Labute approximate surface area is 291 Å². The van der Waals surface area contributed by atoms with Crippen LogP contribution < -0.4 is 14.7 Å². The Morgan fingerprint density at radius 3 is 2.26 bits per heavy atom. The molecule has 1 aliphatic rings. The third-order valence-electron chi connectivity index (χ3n) is 8.75. The van der Waals surface area contributed by atoms with Crippen molar-refractivity contribution in [2.24, 2.45) is 0 Å². The third-order valence-corrected chi connectivity index (χ3v) is 8.75. The summed E-state index contributed by atoms with van der Waals surface area (Å²) in [5, 5.41) is 2.25. The molecule has 0 radical (unpaired) electrons. The van der Waals surface area contributed by atoms with Gasteiger partial charge in [-0.25, -0.2) is 4.98 Å². The molecule has 1 aliphatic heterocycles. The average Bonchev–Trinajstić information content (AvgIpc) is 3.60. The first-order chi connectivity index (χ1) is 22.6. The minimum atomic E-state index is -2.33. The van der Waals surface area contributed by atoms with Gasteiger partial charge in [0.25, 0.3) is 0 Å². The van der Waals surface area contributed by atoms with E-state index in [0.717, 1.165) is 55.9 Å². The number of hydrogen-bond donors (Lipinski definition) is 0. The van der Waals surface area contributed by atoms with Crippen LogP contribution in [0.4, 0.5) is 28.4 Å². The molecule has 238 valence electrons. The Morgan fingerprint density at radius 2 is 1.50 bits per heavy atom. The number of benzene rings is 4. The number of para-hydroxylation sites is 1. The van der Waals surface area contributed by atoms with Gasteiger partial charge in [-0.15, -0.1) is 41.4 Å². The number of aromatic nitrogens is 2. The minimum Gasteiger partial charge on any atom is -0.504 e. The number of nitrogens with zero attached hydrogens (tertiary/aromatic N) is 5. The molecule has 0 saturated heterocycles. The molecule has 0 unspecified atom stereocenters. The third kappa shape index (κ3) is 5.49. The maximum atomic E-state index is 8.21. The maximum absolute atomic E-state index is 8.21. The standard InChI is InChI=1S/C40H40N5.Pt/c1-39(2,3)27-16-19-35-37(22-27)44(26-42(35)7)31-13-11-12-29(24-31)43(8)30-17-18-33-32-14-9-10-15-34(32)45(36(33)25-30)38-23-28(20-21-41-38)40(4,5)6;/h9-23,26H,1-8H3;/q-3;/i7D3;. The monoisotopic (exact) mass is 788 g/mol. The van der Waals surface area contributed by atoms with E-state index in [1.54, 1.807) is 6.67 Å². The number of hydrogen-bond acceptors (Lipinski definition) is 4. The Morgan fingerprint density at radius 1 is 0.761 bits per heavy atom. The van der Waals surface area contributed by atoms with Crippen LogP contribution in [0.2, 0.25) is 0 Å². The van der Waals surface area contributed by atoms with Crippen LogP contribution in [-0.4, -0.2) is 23.6 Å². The fourth-order valence-electron chi connectivity index (χ4n) is 6.05. The summed E-state index contributed by atoms with van der Waals surface area (Å²) in [7, 11) is 2.01. The van der Waals surface area contributed by atoms with E-state index in [1.807, 2.05) is 48.5 Å². The van der Waals surface area contributed by atoms with Crippen LogP contribution >= 0.6 is 0 Å². The summed E-state index contributed by atoms with van der Waals surface area (Å²) in [6.45, 7) is 12.4. The van der Waals surface area contributed by atoms with E-state index in [0.29, 0.717) is 5.69 Å². The van der Waals surface area contributed by atoms with E-state index in [4.69, 9.17) is 9.10 Å². The van der Waals surface area contributed by atoms with Crippen molar-refractivity contribution in [3.8, 4) is 5.82 Å². The summed E-state index contributed by atoms with van der Waals surface area (Å²) in [5.74, 6) is 0.856. The first kappa shape index (κ1) is 28.2. The van der Waals surface area contributed by atoms with Crippen molar-refractivity contribution in [2.75, 3.05) is 28.7 Å². The molecule has 0 atom stereocenters. The van der Waals surface area contributed by atoms with Crippen molar-refractivity contribution in [2.45, 2.75) is 52.4 Å². The molecule has 0 aliphatic carbocycles. The molecule has 4 aromatic carbocycles. The Hall–Kier alpha value is -4.08. The number of anilines is 5. The van der Waals surface area contributed by atoms with Crippen molar-refractivity contribution < 1.29 is 25.2 Å². The van der Waals surface area contributed by atoms with Crippen LogP contribution in [0.5, 0.6) is 0 Å². The van der Waals surface area contributed by atoms with Crippen LogP contribution in [0.15, 0.2) is 91.1 Å². The molecule has 46 heavy (non-hydrogen) atoms. The van der Waals surface area contributed by atoms with Crippen molar-refractivity contribution >= 4 is 50.2 Å². The first-order valence-corrected chi connectivity index (χ1v) is 15.4. The predicted octanol–water partition coefficient (Wildman–Crippen LogP) is 9.85. The summed E-state index contributed by atoms with van der Waals surface area (Å²) in [6, 6.07) is 36.2. The van der Waals surface area contributed by atoms with Gasteiger partial charge < -0.3 is 19.3 Å². The van der Waals surface area contributed by atoms with Gasteiger partial charge in [-0.2, -0.15) is 18.8 Å². The molecule has 6 aromatic rings.